The maximum absolute atomic E-state index is 13.2. The molecule has 8 nitrogen and oxygen atoms in total. The van der Waals surface area contributed by atoms with Crippen molar-refractivity contribution in [3.63, 3.8) is 0 Å². The van der Waals surface area contributed by atoms with Crippen LogP contribution in [0.4, 0.5) is 10.6 Å². The first-order valence-corrected chi connectivity index (χ1v) is 11.9. The molecule has 31 heavy (non-hydrogen) atoms. The summed E-state index contributed by atoms with van der Waals surface area (Å²) in [6.07, 6.45) is 9.15. The largest absolute Gasteiger partial charge is 0.481 e. The van der Waals surface area contributed by atoms with Gasteiger partial charge < -0.3 is 10.1 Å². The lowest BCUT2D eigenvalue weighted by atomic mass is 9.52. The molecule has 5 aliphatic rings. The first-order chi connectivity index (χ1) is 14.9. The second-order valence-corrected chi connectivity index (χ2v) is 10.0. The average Bonchev–Trinajstić information content (AvgIpc) is 3.42. The van der Waals surface area contributed by atoms with Gasteiger partial charge in [0, 0.05) is 18.4 Å². The SMILES string of the molecule is CCCN1C(=O)N2CC(CC)N=C2c2[nH]c(C34CCC(CCC(=O)O)(CC3)CC4)nc21. The number of hydrogen-bond donors (Lipinski definition) is 2. The zero-order chi connectivity index (χ0) is 21.8. The molecule has 1 aromatic rings. The van der Waals surface area contributed by atoms with Crippen LogP contribution in [0.15, 0.2) is 4.99 Å². The maximum atomic E-state index is 13.2. The van der Waals surface area contributed by atoms with Gasteiger partial charge in [-0.2, -0.15) is 0 Å². The van der Waals surface area contributed by atoms with Crippen molar-refractivity contribution >= 4 is 23.7 Å². The van der Waals surface area contributed by atoms with Crippen LogP contribution in [0.3, 0.4) is 0 Å². The van der Waals surface area contributed by atoms with Crippen molar-refractivity contribution in [1.29, 1.82) is 0 Å². The summed E-state index contributed by atoms with van der Waals surface area (Å²) in [7, 11) is 0. The number of carboxylic acids is 1. The number of carbonyl (C=O) groups excluding carboxylic acids is 1. The van der Waals surface area contributed by atoms with Crippen LogP contribution in [0.5, 0.6) is 0 Å². The smallest absolute Gasteiger partial charge is 0.331 e. The van der Waals surface area contributed by atoms with Crippen molar-refractivity contribution in [2.24, 2.45) is 10.4 Å². The fraction of sp³-hybridized carbons (Fsp3) is 0.739. The second kappa shape index (κ2) is 7.35. The number of amides is 2. The fourth-order valence-corrected chi connectivity index (χ4v) is 6.16. The van der Waals surface area contributed by atoms with Crippen molar-refractivity contribution in [2.75, 3.05) is 18.0 Å². The first-order valence-electron chi connectivity index (χ1n) is 11.9. The first kappa shape index (κ1) is 20.5. The zero-order valence-corrected chi connectivity index (χ0v) is 18.6. The Labute approximate surface area is 183 Å². The summed E-state index contributed by atoms with van der Waals surface area (Å²) >= 11 is 0. The highest BCUT2D eigenvalue weighted by Gasteiger charge is 2.52. The van der Waals surface area contributed by atoms with Crippen LogP contribution >= 0.6 is 0 Å². The number of fused-ring (bicyclic) bond motifs is 6. The fourth-order valence-electron chi connectivity index (χ4n) is 6.16. The molecule has 0 radical (unpaired) electrons. The number of aliphatic carboxylic acids is 1. The summed E-state index contributed by atoms with van der Waals surface area (Å²) in [5, 5.41) is 9.13. The van der Waals surface area contributed by atoms with E-state index in [-0.39, 0.29) is 29.3 Å². The average molecular weight is 428 g/mol. The number of H-pyrrole nitrogens is 1. The third-order valence-corrected chi connectivity index (χ3v) is 8.27. The Kier molecular flexibility index (Phi) is 4.86. The van der Waals surface area contributed by atoms with E-state index in [2.05, 4.69) is 18.8 Å². The van der Waals surface area contributed by atoms with Gasteiger partial charge in [0.25, 0.3) is 0 Å². The Bertz CT molecular complexity index is 911. The summed E-state index contributed by atoms with van der Waals surface area (Å²) in [6, 6.07) is 0.150. The Morgan fingerprint density at radius 1 is 1.19 bits per heavy atom. The lowest BCUT2D eigenvalue weighted by Crippen LogP contribution is -2.50. The highest BCUT2D eigenvalue weighted by atomic mass is 16.4. The molecule has 2 N–H and O–H groups in total. The van der Waals surface area contributed by atoms with E-state index in [4.69, 9.17) is 15.1 Å². The summed E-state index contributed by atoms with van der Waals surface area (Å²) in [6.45, 7) is 5.50. The number of aromatic nitrogens is 2. The third kappa shape index (κ3) is 3.17. The molecule has 2 bridgehead atoms. The minimum atomic E-state index is -0.691. The number of anilines is 1. The van der Waals surface area contributed by atoms with Gasteiger partial charge in [0.2, 0.25) is 0 Å². The molecule has 3 heterocycles. The molecule has 168 valence electrons. The number of carboxylic acid groups (broad SMARTS) is 1. The zero-order valence-electron chi connectivity index (χ0n) is 18.6. The minimum absolute atomic E-state index is 0.000393. The number of imidazole rings is 1. The van der Waals surface area contributed by atoms with E-state index >= 15 is 0 Å². The molecular formula is C23H33N5O3. The molecule has 0 aromatic carbocycles. The predicted molar refractivity (Wildman–Crippen MR) is 118 cm³/mol. The highest BCUT2D eigenvalue weighted by molar-refractivity contribution is 6.18. The van der Waals surface area contributed by atoms with Crippen molar-refractivity contribution in [1.82, 2.24) is 14.9 Å². The van der Waals surface area contributed by atoms with Crippen molar-refractivity contribution < 1.29 is 14.7 Å². The highest BCUT2D eigenvalue weighted by Crippen LogP contribution is 2.59. The van der Waals surface area contributed by atoms with Crippen molar-refractivity contribution in [3.8, 4) is 0 Å². The summed E-state index contributed by atoms with van der Waals surface area (Å²) in [5.74, 6) is 1.82. The Morgan fingerprint density at radius 3 is 2.52 bits per heavy atom. The number of carbonyl (C=O) groups is 2. The summed E-state index contributed by atoms with van der Waals surface area (Å²) in [4.78, 5) is 41.5. The minimum Gasteiger partial charge on any atom is -0.481 e. The van der Waals surface area contributed by atoms with Crippen LogP contribution in [0.25, 0.3) is 0 Å². The van der Waals surface area contributed by atoms with Crippen LogP contribution in [0.2, 0.25) is 0 Å². The lowest BCUT2D eigenvalue weighted by Gasteiger charge is -2.52. The van der Waals surface area contributed by atoms with E-state index in [1.807, 2.05) is 9.80 Å². The predicted octanol–water partition coefficient (Wildman–Crippen LogP) is 4.06. The number of aliphatic imine (C=N–C) groups is 1. The van der Waals surface area contributed by atoms with Crippen LogP contribution < -0.4 is 4.90 Å². The van der Waals surface area contributed by atoms with Gasteiger partial charge in [0.1, 0.15) is 11.5 Å². The Morgan fingerprint density at radius 2 is 1.90 bits per heavy atom. The number of amidine groups is 1. The van der Waals surface area contributed by atoms with Gasteiger partial charge in [-0.1, -0.05) is 13.8 Å². The molecule has 2 aliphatic heterocycles. The molecule has 1 atom stereocenters. The number of urea groups is 1. The van der Waals surface area contributed by atoms with Crippen molar-refractivity contribution in [3.05, 3.63) is 11.5 Å². The monoisotopic (exact) mass is 427 g/mol. The second-order valence-electron chi connectivity index (χ2n) is 10.0. The van der Waals surface area contributed by atoms with E-state index in [1.165, 1.54) is 0 Å². The molecule has 1 unspecified atom stereocenters. The molecule has 1 aromatic heterocycles. The van der Waals surface area contributed by atoms with E-state index < -0.39 is 5.97 Å². The molecule has 0 spiro atoms. The van der Waals surface area contributed by atoms with E-state index in [1.54, 1.807) is 0 Å². The van der Waals surface area contributed by atoms with E-state index in [9.17, 15) is 9.59 Å². The third-order valence-electron chi connectivity index (χ3n) is 8.27. The molecule has 3 aliphatic carbocycles. The van der Waals surface area contributed by atoms with Crippen molar-refractivity contribution in [2.45, 2.75) is 89.5 Å². The molecule has 8 heteroatoms. The van der Waals surface area contributed by atoms with Gasteiger partial charge >= 0.3 is 12.0 Å². The standard InChI is InChI=1S/C23H33N5O3/c1-3-13-27-19-17(18-24-15(4-2)14-28(18)21(27)31)25-20(26-19)23-10-7-22(8-11-23,9-12-23)6-5-16(29)30/h15H,3-14H2,1-2H3,(H,25,26)(H,29,30). The van der Waals surface area contributed by atoms with Gasteiger partial charge in [-0.05, 0) is 63.2 Å². The summed E-state index contributed by atoms with van der Waals surface area (Å²) < 4.78 is 0. The van der Waals surface area contributed by atoms with Crippen LogP contribution in [-0.2, 0) is 10.2 Å². The normalized spacial score (nSPS) is 31.6. The van der Waals surface area contributed by atoms with Gasteiger partial charge in [-0.25, -0.2) is 9.78 Å². The van der Waals surface area contributed by atoms with Gasteiger partial charge in [0.05, 0.1) is 12.6 Å². The van der Waals surface area contributed by atoms with Crippen LogP contribution in [-0.4, -0.2) is 56.9 Å². The molecule has 0 saturated heterocycles. The van der Waals surface area contributed by atoms with Crippen LogP contribution in [0.1, 0.15) is 89.6 Å². The number of aromatic amines is 1. The number of nitrogens with one attached hydrogen (secondary N) is 1. The molecule has 6 rings (SSSR count). The quantitative estimate of drug-likeness (QED) is 0.685. The molecular weight excluding hydrogens is 394 g/mol. The Balaban J connectivity index is 1.46. The number of rotatable bonds is 7. The van der Waals surface area contributed by atoms with Crippen LogP contribution in [0, 0.1) is 5.41 Å². The maximum Gasteiger partial charge on any atom is 0.331 e. The topological polar surface area (TPSA) is 102 Å². The molecule has 3 saturated carbocycles. The number of hydrogen-bond acceptors (Lipinski definition) is 4. The summed E-state index contributed by atoms with van der Waals surface area (Å²) in [5.41, 5.74) is 1.11. The van der Waals surface area contributed by atoms with E-state index in [0.29, 0.717) is 13.1 Å². The van der Waals surface area contributed by atoms with Gasteiger partial charge in [-0.3, -0.25) is 19.6 Å². The van der Waals surface area contributed by atoms with Gasteiger partial charge in [0.15, 0.2) is 11.7 Å². The Hall–Kier alpha value is -2.38. The lowest BCUT2D eigenvalue weighted by molar-refractivity contribution is -0.138. The molecule has 2 amide bonds. The van der Waals surface area contributed by atoms with E-state index in [0.717, 1.165) is 81.0 Å². The van der Waals surface area contributed by atoms with Gasteiger partial charge in [-0.15, -0.1) is 0 Å². The molecule has 3 fully saturated rings. The number of nitrogens with zero attached hydrogens (tertiary/aromatic N) is 4.